The second-order valence-electron chi connectivity index (χ2n) is 8.20. The zero-order chi connectivity index (χ0) is 21.0. The second-order valence-corrected chi connectivity index (χ2v) is 9.55. The Kier molecular flexibility index (Phi) is 6.69. The zero-order valence-corrected chi connectivity index (χ0v) is 19.6. The van der Waals surface area contributed by atoms with Gasteiger partial charge in [0.2, 0.25) is 0 Å². The van der Waals surface area contributed by atoms with Crippen molar-refractivity contribution >= 4 is 27.3 Å². The Morgan fingerprint density at radius 3 is 1.48 bits per heavy atom. The van der Waals surface area contributed by atoms with Crippen LogP contribution in [0.2, 0.25) is 0 Å². The molecule has 1 unspecified atom stereocenters. The minimum absolute atomic E-state index is 0.252. The first-order chi connectivity index (χ1) is 13.8. The number of alkyl halides is 1. The van der Waals surface area contributed by atoms with Crippen LogP contribution in [0.25, 0.3) is 0 Å². The lowest BCUT2D eigenvalue weighted by Crippen LogP contribution is -2.23. The molecule has 3 aromatic carbocycles. The third kappa shape index (κ3) is 4.84. The van der Waals surface area contributed by atoms with Crippen molar-refractivity contribution in [3.8, 4) is 0 Å². The Labute approximate surface area is 184 Å². The summed E-state index contributed by atoms with van der Waals surface area (Å²) in [5.41, 5.74) is 6.35. The molecule has 0 bridgehead atoms. The van der Waals surface area contributed by atoms with Crippen molar-refractivity contribution in [1.82, 2.24) is 0 Å². The molecule has 29 heavy (non-hydrogen) atoms. The van der Waals surface area contributed by atoms with E-state index in [0.717, 1.165) is 6.42 Å². The van der Waals surface area contributed by atoms with Crippen molar-refractivity contribution < 1.29 is 0 Å². The van der Waals surface area contributed by atoms with E-state index in [0.29, 0.717) is 5.92 Å². The molecule has 0 N–H and O–H groups in total. The summed E-state index contributed by atoms with van der Waals surface area (Å²) < 4.78 is -0.252. The number of halogens is 1. The highest BCUT2D eigenvalue weighted by Crippen LogP contribution is 2.46. The highest BCUT2D eigenvalue weighted by atomic mass is 79.9. The summed E-state index contributed by atoms with van der Waals surface area (Å²) in [6.07, 6.45) is 0.972. The lowest BCUT2D eigenvalue weighted by atomic mass is 9.81. The van der Waals surface area contributed by atoms with Crippen LogP contribution in [0.15, 0.2) is 78.9 Å². The highest BCUT2D eigenvalue weighted by Gasteiger charge is 2.33. The van der Waals surface area contributed by atoms with E-state index in [9.17, 15) is 0 Å². The Morgan fingerprint density at radius 1 is 0.690 bits per heavy atom. The maximum atomic E-state index is 4.20. The van der Waals surface area contributed by atoms with Crippen molar-refractivity contribution in [3.63, 3.8) is 0 Å². The fourth-order valence-corrected chi connectivity index (χ4v) is 4.79. The van der Waals surface area contributed by atoms with Crippen molar-refractivity contribution in [1.29, 1.82) is 0 Å². The van der Waals surface area contributed by atoms with Crippen LogP contribution in [0.4, 0.5) is 11.4 Å². The van der Waals surface area contributed by atoms with Crippen LogP contribution in [-0.2, 0) is 4.32 Å². The second kappa shape index (κ2) is 9.04. The molecule has 0 amide bonds. The molecule has 3 heteroatoms. The van der Waals surface area contributed by atoms with E-state index in [1.165, 1.54) is 28.1 Å². The van der Waals surface area contributed by atoms with E-state index in [4.69, 9.17) is 0 Å². The number of benzene rings is 3. The molecule has 0 aromatic heterocycles. The Hall–Kier alpha value is -2.26. The van der Waals surface area contributed by atoms with Crippen molar-refractivity contribution in [2.24, 2.45) is 0 Å². The first-order valence-electron chi connectivity index (χ1n) is 10.1. The third-order valence-corrected chi connectivity index (χ3v) is 6.88. The SMILES string of the molecule is CC(CC(Br)(c1ccc(N(C)C)cc1)c1ccc(N(C)C)cc1)c1ccccc1. The number of hydrogen-bond acceptors (Lipinski definition) is 2. The van der Waals surface area contributed by atoms with Gasteiger partial charge in [-0.2, -0.15) is 0 Å². The van der Waals surface area contributed by atoms with Crippen LogP contribution in [0.3, 0.4) is 0 Å². The van der Waals surface area contributed by atoms with Crippen LogP contribution in [0, 0.1) is 0 Å². The molecule has 3 rings (SSSR count). The first kappa shape index (κ1) is 21.4. The fraction of sp³-hybridized carbons (Fsp3) is 0.308. The molecule has 1 atom stereocenters. The standard InChI is InChI=1S/C26H31BrN2/c1-20(21-9-7-6-8-10-21)19-26(27,22-11-15-24(16-12-22)28(2)3)23-13-17-25(18-14-23)29(4)5/h6-18,20H,19H2,1-5H3. The number of rotatable bonds is 7. The molecule has 2 nitrogen and oxygen atoms in total. The number of hydrogen-bond donors (Lipinski definition) is 0. The smallest absolute Gasteiger partial charge is 0.0760 e. The van der Waals surface area contributed by atoms with Crippen LogP contribution in [0.1, 0.15) is 36.0 Å². The van der Waals surface area contributed by atoms with Gasteiger partial charge in [-0.15, -0.1) is 0 Å². The molecule has 0 aliphatic heterocycles. The van der Waals surface area contributed by atoms with Gasteiger partial charge < -0.3 is 9.80 Å². The average Bonchev–Trinajstić information content (AvgIpc) is 2.74. The summed E-state index contributed by atoms with van der Waals surface area (Å²) in [6, 6.07) is 28.6. The Morgan fingerprint density at radius 2 is 1.10 bits per heavy atom. The van der Waals surface area contributed by atoms with E-state index in [-0.39, 0.29) is 4.32 Å². The predicted molar refractivity (Wildman–Crippen MR) is 131 cm³/mol. The van der Waals surface area contributed by atoms with Crippen LogP contribution < -0.4 is 9.80 Å². The van der Waals surface area contributed by atoms with Crippen molar-refractivity contribution in [2.45, 2.75) is 23.6 Å². The molecule has 0 saturated carbocycles. The Bertz CT molecular complexity index is 848. The molecule has 0 saturated heterocycles. The molecule has 0 heterocycles. The minimum Gasteiger partial charge on any atom is -0.378 e. The third-order valence-electron chi connectivity index (χ3n) is 5.64. The number of nitrogens with zero attached hydrogens (tertiary/aromatic N) is 2. The van der Waals surface area contributed by atoms with Gasteiger partial charge in [0, 0.05) is 39.6 Å². The van der Waals surface area contributed by atoms with Gasteiger partial charge in [0.05, 0.1) is 4.32 Å². The van der Waals surface area contributed by atoms with E-state index in [2.05, 4.69) is 140 Å². The van der Waals surface area contributed by atoms with Gasteiger partial charge in [-0.3, -0.25) is 0 Å². The van der Waals surface area contributed by atoms with Crippen molar-refractivity contribution in [3.05, 3.63) is 95.6 Å². The largest absolute Gasteiger partial charge is 0.378 e. The molecule has 0 aliphatic carbocycles. The fourth-order valence-electron chi connectivity index (χ4n) is 3.77. The normalized spacial score (nSPS) is 12.5. The zero-order valence-electron chi connectivity index (χ0n) is 18.1. The molecule has 0 spiro atoms. The Balaban J connectivity index is 2.02. The minimum atomic E-state index is -0.252. The van der Waals surface area contributed by atoms with Crippen LogP contribution in [-0.4, -0.2) is 28.2 Å². The maximum absolute atomic E-state index is 4.20. The molecule has 3 aromatic rings. The summed E-state index contributed by atoms with van der Waals surface area (Å²) >= 11 is 4.20. The van der Waals surface area contributed by atoms with Gasteiger partial charge in [-0.25, -0.2) is 0 Å². The molecule has 0 aliphatic rings. The quantitative estimate of drug-likeness (QED) is 0.371. The highest BCUT2D eigenvalue weighted by molar-refractivity contribution is 9.09. The van der Waals surface area contributed by atoms with Gasteiger partial charge in [0.25, 0.3) is 0 Å². The van der Waals surface area contributed by atoms with Crippen molar-refractivity contribution in [2.75, 3.05) is 38.0 Å². The molecular weight excluding hydrogens is 420 g/mol. The molecular formula is C26H31BrN2. The maximum Gasteiger partial charge on any atom is 0.0760 e. The van der Waals surface area contributed by atoms with Crippen LogP contribution >= 0.6 is 15.9 Å². The van der Waals surface area contributed by atoms with Gasteiger partial charge >= 0.3 is 0 Å². The van der Waals surface area contributed by atoms with Crippen LogP contribution in [0.5, 0.6) is 0 Å². The predicted octanol–water partition coefficient (Wildman–Crippen LogP) is 6.65. The summed E-state index contributed by atoms with van der Waals surface area (Å²) in [4.78, 5) is 4.27. The topological polar surface area (TPSA) is 6.48 Å². The lowest BCUT2D eigenvalue weighted by molar-refractivity contribution is 0.587. The summed E-state index contributed by atoms with van der Waals surface area (Å²) in [5, 5.41) is 0. The monoisotopic (exact) mass is 450 g/mol. The summed E-state index contributed by atoms with van der Waals surface area (Å²) in [7, 11) is 8.31. The molecule has 152 valence electrons. The van der Waals surface area contributed by atoms with E-state index in [1.807, 2.05) is 0 Å². The summed E-state index contributed by atoms with van der Waals surface area (Å²) in [6.45, 7) is 2.31. The van der Waals surface area contributed by atoms with E-state index >= 15 is 0 Å². The van der Waals surface area contributed by atoms with Gasteiger partial charge in [-0.05, 0) is 53.3 Å². The van der Waals surface area contributed by atoms with Gasteiger partial charge in [-0.1, -0.05) is 77.5 Å². The van der Waals surface area contributed by atoms with E-state index in [1.54, 1.807) is 0 Å². The molecule has 0 radical (unpaired) electrons. The summed E-state index contributed by atoms with van der Waals surface area (Å²) in [5.74, 6) is 0.414. The van der Waals surface area contributed by atoms with Gasteiger partial charge in [0.1, 0.15) is 0 Å². The van der Waals surface area contributed by atoms with Gasteiger partial charge in [0.15, 0.2) is 0 Å². The first-order valence-corrected chi connectivity index (χ1v) is 10.9. The van der Waals surface area contributed by atoms with E-state index < -0.39 is 0 Å². The average molecular weight is 451 g/mol. The lowest BCUT2D eigenvalue weighted by Gasteiger charge is -2.33. The molecule has 0 fully saturated rings. The number of anilines is 2.